The molecule has 7 heteroatoms. The van der Waals surface area contributed by atoms with E-state index < -0.39 is 12.0 Å². The topological polar surface area (TPSA) is 90.0 Å². The van der Waals surface area contributed by atoms with Crippen molar-refractivity contribution in [2.75, 3.05) is 27.2 Å². The van der Waals surface area contributed by atoms with Crippen LogP contribution in [-0.4, -0.2) is 60.0 Å². The minimum atomic E-state index is -1.08. The van der Waals surface area contributed by atoms with Crippen molar-refractivity contribution in [1.29, 1.82) is 0 Å². The molecule has 1 aromatic carbocycles. The summed E-state index contributed by atoms with van der Waals surface area (Å²) in [7, 11) is 3.39. The SMILES string of the molecule is Cc1cccc(C(NC(=O)C2CCN(C(=O)N(C)C)CC2)C(=O)O)c1C. The summed E-state index contributed by atoms with van der Waals surface area (Å²) in [6.07, 6.45) is 1.06. The molecule has 2 rings (SSSR count). The molecule has 1 aromatic rings. The second-order valence-corrected chi connectivity index (χ2v) is 7.01. The molecule has 1 atom stereocenters. The number of carbonyl (C=O) groups is 3. The molecule has 0 spiro atoms. The van der Waals surface area contributed by atoms with E-state index in [4.69, 9.17) is 0 Å². The number of carboxylic acids is 1. The third-order valence-electron chi connectivity index (χ3n) is 5.01. The number of benzene rings is 1. The van der Waals surface area contributed by atoms with E-state index >= 15 is 0 Å². The summed E-state index contributed by atoms with van der Waals surface area (Å²) in [6.45, 7) is 4.77. The number of nitrogens with zero attached hydrogens (tertiary/aromatic N) is 2. The molecule has 3 amide bonds. The zero-order valence-corrected chi connectivity index (χ0v) is 15.8. The molecule has 7 nitrogen and oxygen atoms in total. The van der Waals surface area contributed by atoms with Gasteiger partial charge in [0, 0.05) is 33.1 Å². The standard InChI is InChI=1S/C19H27N3O4/c1-12-6-5-7-15(13(12)2)16(18(24)25)20-17(23)14-8-10-22(11-9-14)19(26)21(3)4/h5-7,14,16H,8-11H2,1-4H3,(H,20,23)(H,24,25). The normalized spacial score (nSPS) is 16.1. The van der Waals surface area contributed by atoms with Crippen molar-refractivity contribution >= 4 is 17.9 Å². The summed E-state index contributed by atoms with van der Waals surface area (Å²) >= 11 is 0. The number of carboxylic acid groups (broad SMARTS) is 1. The summed E-state index contributed by atoms with van der Waals surface area (Å²) in [5, 5.41) is 12.3. The second kappa shape index (κ2) is 8.21. The smallest absolute Gasteiger partial charge is 0.330 e. The highest BCUT2D eigenvalue weighted by atomic mass is 16.4. The summed E-state index contributed by atoms with van der Waals surface area (Å²) in [4.78, 5) is 39.5. The fourth-order valence-electron chi connectivity index (χ4n) is 3.23. The van der Waals surface area contributed by atoms with Gasteiger partial charge in [0.15, 0.2) is 6.04 Å². The Morgan fingerprint density at radius 3 is 2.35 bits per heavy atom. The van der Waals surface area contributed by atoms with Gasteiger partial charge in [-0.3, -0.25) is 4.79 Å². The second-order valence-electron chi connectivity index (χ2n) is 7.01. The van der Waals surface area contributed by atoms with Crippen molar-refractivity contribution in [2.24, 2.45) is 5.92 Å². The molecule has 142 valence electrons. The predicted molar refractivity (Wildman–Crippen MR) is 97.8 cm³/mol. The first-order chi connectivity index (χ1) is 12.2. The van der Waals surface area contributed by atoms with Gasteiger partial charge in [0.25, 0.3) is 0 Å². The molecular formula is C19H27N3O4. The number of urea groups is 1. The zero-order chi connectivity index (χ0) is 19.4. The van der Waals surface area contributed by atoms with Crippen molar-refractivity contribution in [3.05, 3.63) is 34.9 Å². The first kappa shape index (κ1) is 19.8. The van der Waals surface area contributed by atoms with Crippen molar-refractivity contribution in [2.45, 2.75) is 32.7 Å². The average Bonchev–Trinajstić information content (AvgIpc) is 2.61. The maximum atomic E-state index is 12.6. The highest BCUT2D eigenvalue weighted by Crippen LogP contribution is 2.23. The molecule has 2 N–H and O–H groups in total. The van der Waals surface area contributed by atoms with Gasteiger partial charge >= 0.3 is 12.0 Å². The molecule has 26 heavy (non-hydrogen) atoms. The number of likely N-dealkylation sites (tertiary alicyclic amines) is 1. The van der Waals surface area contributed by atoms with E-state index in [0.717, 1.165) is 11.1 Å². The Hall–Kier alpha value is -2.57. The minimum absolute atomic E-state index is 0.0670. The van der Waals surface area contributed by atoms with Gasteiger partial charge < -0.3 is 20.2 Å². The Labute approximate surface area is 154 Å². The molecule has 1 aliphatic rings. The highest BCUT2D eigenvalue weighted by molar-refractivity contribution is 5.86. The average molecular weight is 361 g/mol. The number of amides is 3. The fraction of sp³-hybridized carbons (Fsp3) is 0.526. The van der Waals surface area contributed by atoms with Crippen LogP contribution in [0.25, 0.3) is 0 Å². The van der Waals surface area contributed by atoms with Crippen molar-refractivity contribution in [3.63, 3.8) is 0 Å². The molecule has 1 saturated heterocycles. The molecular weight excluding hydrogens is 334 g/mol. The molecule has 0 saturated carbocycles. The maximum absolute atomic E-state index is 12.6. The Bertz CT molecular complexity index is 694. The van der Waals surface area contributed by atoms with E-state index in [-0.39, 0.29) is 17.9 Å². The molecule has 1 aliphatic heterocycles. The lowest BCUT2D eigenvalue weighted by Crippen LogP contribution is -2.47. The van der Waals surface area contributed by atoms with E-state index in [1.165, 1.54) is 4.90 Å². The van der Waals surface area contributed by atoms with Crippen LogP contribution in [0.5, 0.6) is 0 Å². The van der Waals surface area contributed by atoms with E-state index in [9.17, 15) is 19.5 Å². The molecule has 1 unspecified atom stereocenters. The van der Waals surface area contributed by atoms with Crippen LogP contribution in [0.15, 0.2) is 18.2 Å². The molecule has 1 heterocycles. The lowest BCUT2D eigenvalue weighted by atomic mass is 9.93. The molecule has 0 radical (unpaired) electrons. The van der Waals surface area contributed by atoms with Gasteiger partial charge in [-0.25, -0.2) is 9.59 Å². The van der Waals surface area contributed by atoms with Crippen LogP contribution >= 0.6 is 0 Å². The van der Waals surface area contributed by atoms with E-state index in [1.54, 1.807) is 31.1 Å². The van der Waals surface area contributed by atoms with Crippen LogP contribution in [0.4, 0.5) is 4.79 Å². The largest absolute Gasteiger partial charge is 0.479 e. The number of aliphatic carboxylic acids is 1. The summed E-state index contributed by atoms with van der Waals surface area (Å²) in [6, 6.07) is 4.31. The maximum Gasteiger partial charge on any atom is 0.330 e. The van der Waals surface area contributed by atoms with Crippen LogP contribution in [0.2, 0.25) is 0 Å². The first-order valence-corrected chi connectivity index (χ1v) is 8.78. The Morgan fingerprint density at radius 2 is 1.81 bits per heavy atom. The van der Waals surface area contributed by atoms with E-state index in [2.05, 4.69) is 5.32 Å². The Morgan fingerprint density at radius 1 is 1.19 bits per heavy atom. The third-order valence-corrected chi connectivity index (χ3v) is 5.01. The number of carbonyl (C=O) groups excluding carboxylic acids is 2. The van der Waals surface area contributed by atoms with Gasteiger partial charge in [-0.2, -0.15) is 0 Å². The quantitative estimate of drug-likeness (QED) is 0.858. The van der Waals surface area contributed by atoms with E-state index in [1.807, 2.05) is 19.9 Å². The van der Waals surface area contributed by atoms with Crippen molar-refractivity contribution in [1.82, 2.24) is 15.1 Å². The minimum Gasteiger partial charge on any atom is -0.479 e. The number of hydrogen-bond acceptors (Lipinski definition) is 3. The fourth-order valence-corrected chi connectivity index (χ4v) is 3.23. The third kappa shape index (κ3) is 4.33. The number of aryl methyl sites for hydroxylation is 1. The first-order valence-electron chi connectivity index (χ1n) is 8.78. The van der Waals surface area contributed by atoms with Crippen LogP contribution in [0.1, 0.15) is 35.6 Å². The van der Waals surface area contributed by atoms with Gasteiger partial charge in [-0.05, 0) is 43.4 Å². The number of nitrogens with one attached hydrogen (secondary N) is 1. The Kier molecular flexibility index (Phi) is 6.23. The number of rotatable bonds is 4. The van der Waals surface area contributed by atoms with Crippen molar-refractivity contribution in [3.8, 4) is 0 Å². The van der Waals surface area contributed by atoms with Crippen LogP contribution < -0.4 is 5.32 Å². The molecule has 0 aromatic heterocycles. The summed E-state index contributed by atoms with van der Waals surface area (Å²) in [5.74, 6) is -1.63. The van der Waals surface area contributed by atoms with Crippen LogP contribution in [-0.2, 0) is 9.59 Å². The summed E-state index contributed by atoms with van der Waals surface area (Å²) < 4.78 is 0. The number of piperidine rings is 1. The zero-order valence-electron chi connectivity index (χ0n) is 15.8. The van der Waals surface area contributed by atoms with Gasteiger partial charge in [0.2, 0.25) is 5.91 Å². The Balaban J connectivity index is 2.04. The lowest BCUT2D eigenvalue weighted by molar-refractivity contribution is -0.143. The van der Waals surface area contributed by atoms with Gasteiger partial charge in [-0.1, -0.05) is 18.2 Å². The van der Waals surface area contributed by atoms with Crippen molar-refractivity contribution < 1.29 is 19.5 Å². The van der Waals surface area contributed by atoms with E-state index in [0.29, 0.717) is 31.5 Å². The monoisotopic (exact) mass is 361 g/mol. The molecule has 0 bridgehead atoms. The van der Waals surface area contributed by atoms with Crippen LogP contribution in [0.3, 0.4) is 0 Å². The molecule has 1 fully saturated rings. The lowest BCUT2D eigenvalue weighted by Gasteiger charge is -2.33. The van der Waals surface area contributed by atoms with Crippen LogP contribution in [0, 0.1) is 19.8 Å². The number of hydrogen-bond donors (Lipinski definition) is 2. The van der Waals surface area contributed by atoms with Gasteiger partial charge in [0.1, 0.15) is 0 Å². The van der Waals surface area contributed by atoms with Gasteiger partial charge in [0.05, 0.1) is 0 Å². The highest BCUT2D eigenvalue weighted by Gasteiger charge is 2.31. The predicted octanol–water partition coefficient (Wildman–Crippen LogP) is 1.94. The molecule has 0 aliphatic carbocycles. The summed E-state index contributed by atoms with van der Waals surface area (Å²) in [5.41, 5.74) is 2.45. The van der Waals surface area contributed by atoms with Gasteiger partial charge in [-0.15, -0.1) is 0 Å².